The third-order valence-corrected chi connectivity index (χ3v) is 7.14. The second-order valence-electron chi connectivity index (χ2n) is 9.19. The van der Waals surface area contributed by atoms with E-state index in [9.17, 15) is 9.59 Å². The van der Waals surface area contributed by atoms with Gasteiger partial charge in [-0.1, -0.05) is 49.1 Å². The van der Waals surface area contributed by atoms with Gasteiger partial charge < -0.3 is 10.2 Å². The fourth-order valence-corrected chi connectivity index (χ4v) is 5.20. The number of hydrogen-bond acceptors (Lipinski definition) is 3. The molecule has 4 rings (SSSR count). The molecule has 3 fully saturated rings. The Balaban J connectivity index is 1.36. The standard InChI is InChI=1S/C24H35N3O2/c1-18-6-4-7-19(16-18)17-25-23(28)22(20-8-2-3-9-20)26-12-14-27(15-13-26)24(29)21-10-5-11-21/h4,6-7,16,20-22H,2-3,5,8-15,17H2,1H3,(H,25,28)/t22-/m0/s1. The average Bonchev–Trinajstić information content (AvgIpc) is 3.20. The lowest BCUT2D eigenvalue weighted by Crippen LogP contribution is -2.58. The molecule has 1 heterocycles. The number of aryl methyl sites for hydroxylation is 1. The molecule has 1 saturated heterocycles. The molecule has 2 saturated carbocycles. The van der Waals surface area contributed by atoms with E-state index in [0.29, 0.717) is 18.4 Å². The van der Waals surface area contributed by atoms with Crippen molar-refractivity contribution >= 4 is 11.8 Å². The smallest absolute Gasteiger partial charge is 0.237 e. The molecule has 3 aliphatic rings. The van der Waals surface area contributed by atoms with Crippen LogP contribution in [0, 0.1) is 18.8 Å². The first-order chi connectivity index (χ1) is 14.1. The van der Waals surface area contributed by atoms with Crippen LogP contribution in [0.2, 0.25) is 0 Å². The molecule has 5 heteroatoms. The number of nitrogens with zero attached hydrogens (tertiary/aromatic N) is 2. The minimum absolute atomic E-state index is 0.0525. The lowest BCUT2D eigenvalue weighted by atomic mass is 9.84. The van der Waals surface area contributed by atoms with Gasteiger partial charge in [0, 0.05) is 38.6 Å². The average molecular weight is 398 g/mol. The van der Waals surface area contributed by atoms with E-state index in [1.165, 1.54) is 24.8 Å². The maximum absolute atomic E-state index is 13.2. The van der Waals surface area contributed by atoms with Crippen LogP contribution in [0.4, 0.5) is 0 Å². The van der Waals surface area contributed by atoms with E-state index in [2.05, 4.69) is 35.3 Å². The maximum atomic E-state index is 13.2. The first-order valence-corrected chi connectivity index (χ1v) is 11.5. The van der Waals surface area contributed by atoms with Crippen molar-refractivity contribution in [3.05, 3.63) is 35.4 Å². The van der Waals surface area contributed by atoms with E-state index in [1.807, 2.05) is 11.0 Å². The van der Waals surface area contributed by atoms with Gasteiger partial charge in [0.2, 0.25) is 11.8 Å². The summed E-state index contributed by atoms with van der Waals surface area (Å²) < 4.78 is 0. The van der Waals surface area contributed by atoms with Gasteiger partial charge in [-0.25, -0.2) is 0 Å². The molecule has 0 unspecified atom stereocenters. The van der Waals surface area contributed by atoms with Gasteiger partial charge in [-0.05, 0) is 44.1 Å². The van der Waals surface area contributed by atoms with Crippen LogP contribution in [0.15, 0.2) is 24.3 Å². The highest BCUT2D eigenvalue weighted by Gasteiger charge is 2.38. The van der Waals surface area contributed by atoms with Crippen LogP contribution in [0.25, 0.3) is 0 Å². The molecule has 0 bridgehead atoms. The van der Waals surface area contributed by atoms with E-state index in [4.69, 9.17) is 0 Å². The highest BCUT2D eigenvalue weighted by Crippen LogP contribution is 2.32. The lowest BCUT2D eigenvalue weighted by Gasteiger charge is -2.42. The van der Waals surface area contributed by atoms with Crippen molar-refractivity contribution in [1.82, 2.24) is 15.1 Å². The number of amides is 2. The van der Waals surface area contributed by atoms with Crippen LogP contribution in [-0.2, 0) is 16.1 Å². The van der Waals surface area contributed by atoms with Crippen LogP contribution in [0.1, 0.15) is 56.1 Å². The zero-order chi connectivity index (χ0) is 20.2. The first-order valence-electron chi connectivity index (χ1n) is 11.5. The van der Waals surface area contributed by atoms with Crippen molar-refractivity contribution in [3.63, 3.8) is 0 Å². The van der Waals surface area contributed by atoms with Crippen LogP contribution < -0.4 is 5.32 Å². The van der Waals surface area contributed by atoms with Gasteiger partial charge >= 0.3 is 0 Å². The van der Waals surface area contributed by atoms with E-state index in [-0.39, 0.29) is 17.9 Å². The fraction of sp³-hybridized carbons (Fsp3) is 0.667. The Labute approximate surface area is 174 Å². The van der Waals surface area contributed by atoms with Gasteiger partial charge in [0.1, 0.15) is 0 Å². The summed E-state index contributed by atoms with van der Waals surface area (Å²) in [6, 6.07) is 8.28. The normalized spacial score (nSPS) is 22.3. The summed E-state index contributed by atoms with van der Waals surface area (Å²) >= 11 is 0. The van der Waals surface area contributed by atoms with E-state index in [0.717, 1.165) is 57.4 Å². The van der Waals surface area contributed by atoms with Crippen molar-refractivity contribution < 1.29 is 9.59 Å². The molecule has 1 N–H and O–H groups in total. The molecule has 0 spiro atoms. The van der Waals surface area contributed by atoms with Gasteiger partial charge in [-0.15, -0.1) is 0 Å². The second kappa shape index (κ2) is 9.29. The number of rotatable bonds is 6. The van der Waals surface area contributed by atoms with Crippen LogP contribution >= 0.6 is 0 Å². The molecule has 0 aromatic heterocycles. The summed E-state index contributed by atoms with van der Waals surface area (Å²) in [6.07, 6.45) is 8.06. The molecule has 2 aliphatic carbocycles. The zero-order valence-electron chi connectivity index (χ0n) is 17.7. The molecule has 2 amide bonds. The number of carbonyl (C=O) groups excluding carboxylic acids is 2. The predicted molar refractivity (Wildman–Crippen MR) is 114 cm³/mol. The van der Waals surface area contributed by atoms with Gasteiger partial charge in [0.05, 0.1) is 6.04 Å². The van der Waals surface area contributed by atoms with E-state index in [1.54, 1.807) is 0 Å². The molecule has 0 radical (unpaired) electrons. The Hall–Kier alpha value is -1.88. The maximum Gasteiger partial charge on any atom is 0.237 e. The minimum atomic E-state index is -0.0525. The van der Waals surface area contributed by atoms with Crippen molar-refractivity contribution in [3.8, 4) is 0 Å². The van der Waals surface area contributed by atoms with Crippen molar-refractivity contribution in [2.24, 2.45) is 11.8 Å². The monoisotopic (exact) mass is 397 g/mol. The summed E-state index contributed by atoms with van der Waals surface area (Å²) in [5.74, 6) is 1.22. The van der Waals surface area contributed by atoms with Crippen LogP contribution in [0.3, 0.4) is 0 Å². The van der Waals surface area contributed by atoms with Crippen LogP contribution in [-0.4, -0.2) is 53.8 Å². The second-order valence-corrected chi connectivity index (χ2v) is 9.19. The Morgan fingerprint density at radius 3 is 2.38 bits per heavy atom. The molecule has 1 aliphatic heterocycles. The van der Waals surface area contributed by atoms with E-state index >= 15 is 0 Å². The Kier molecular flexibility index (Phi) is 6.53. The highest BCUT2D eigenvalue weighted by atomic mass is 16.2. The van der Waals surface area contributed by atoms with Gasteiger partial charge in [-0.2, -0.15) is 0 Å². The highest BCUT2D eigenvalue weighted by molar-refractivity contribution is 5.82. The van der Waals surface area contributed by atoms with Gasteiger partial charge in [0.15, 0.2) is 0 Å². The summed E-state index contributed by atoms with van der Waals surface area (Å²) in [7, 11) is 0. The largest absolute Gasteiger partial charge is 0.351 e. The van der Waals surface area contributed by atoms with Crippen molar-refractivity contribution in [1.29, 1.82) is 0 Å². The number of benzene rings is 1. The molecule has 1 aromatic carbocycles. The topological polar surface area (TPSA) is 52.7 Å². The molecule has 29 heavy (non-hydrogen) atoms. The van der Waals surface area contributed by atoms with Crippen molar-refractivity contribution in [2.75, 3.05) is 26.2 Å². The summed E-state index contributed by atoms with van der Waals surface area (Å²) in [6.45, 7) is 5.84. The molecule has 1 atom stereocenters. The summed E-state index contributed by atoms with van der Waals surface area (Å²) in [5, 5.41) is 3.21. The third-order valence-electron chi connectivity index (χ3n) is 7.14. The predicted octanol–water partition coefficient (Wildman–Crippen LogP) is 3.11. The quantitative estimate of drug-likeness (QED) is 0.802. The number of hydrogen-bond donors (Lipinski definition) is 1. The van der Waals surface area contributed by atoms with Crippen molar-refractivity contribution in [2.45, 2.75) is 64.5 Å². The number of piperazine rings is 1. The van der Waals surface area contributed by atoms with Gasteiger partial charge in [-0.3, -0.25) is 14.5 Å². The fourth-order valence-electron chi connectivity index (χ4n) is 5.20. The van der Waals surface area contributed by atoms with Crippen LogP contribution in [0.5, 0.6) is 0 Å². The summed E-state index contributed by atoms with van der Waals surface area (Å²) in [4.78, 5) is 30.2. The SMILES string of the molecule is Cc1cccc(CNC(=O)[C@H](C2CCCC2)N2CCN(C(=O)C3CCC3)CC2)c1. The number of carbonyl (C=O) groups is 2. The number of nitrogens with one attached hydrogen (secondary N) is 1. The van der Waals surface area contributed by atoms with E-state index < -0.39 is 0 Å². The molecule has 1 aromatic rings. The minimum Gasteiger partial charge on any atom is -0.351 e. The Morgan fingerprint density at radius 1 is 1.03 bits per heavy atom. The summed E-state index contributed by atoms with van der Waals surface area (Å²) in [5.41, 5.74) is 2.37. The molecular weight excluding hydrogens is 362 g/mol. The Morgan fingerprint density at radius 2 is 1.76 bits per heavy atom. The Bertz CT molecular complexity index is 717. The molecular formula is C24H35N3O2. The molecule has 158 valence electrons. The molecule has 5 nitrogen and oxygen atoms in total. The third kappa shape index (κ3) is 4.82. The van der Waals surface area contributed by atoms with Gasteiger partial charge in [0.25, 0.3) is 0 Å². The zero-order valence-corrected chi connectivity index (χ0v) is 17.7. The lowest BCUT2D eigenvalue weighted by molar-refractivity contribution is -0.141. The first kappa shape index (κ1) is 20.4.